The smallest absolute Gasteiger partial charge is 0.276 e. The maximum Gasteiger partial charge on any atom is 0.276 e. The Morgan fingerprint density at radius 1 is 1.33 bits per heavy atom. The van der Waals surface area contributed by atoms with Gasteiger partial charge in [0.25, 0.3) is 5.91 Å². The second-order valence-corrected chi connectivity index (χ2v) is 7.70. The van der Waals surface area contributed by atoms with Crippen LogP contribution >= 0.6 is 0 Å². The molecule has 0 aliphatic carbocycles. The predicted octanol–water partition coefficient (Wildman–Crippen LogP) is 2.42. The van der Waals surface area contributed by atoms with Gasteiger partial charge in [0.05, 0.1) is 0 Å². The molecule has 2 aromatic heterocycles. The van der Waals surface area contributed by atoms with Crippen molar-refractivity contribution in [3.8, 4) is 0 Å². The van der Waals surface area contributed by atoms with Gasteiger partial charge in [0.2, 0.25) is 5.91 Å². The van der Waals surface area contributed by atoms with Gasteiger partial charge < -0.3 is 14.2 Å². The van der Waals surface area contributed by atoms with Crippen LogP contribution in [0, 0.1) is 12.3 Å². The minimum Gasteiger partial charge on any atom is -0.448 e. The predicted molar refractivity (Wildman–Crippen MR) is 97.7 cm³/mol. The number of carbonyl (C=O) groups is 2. The minimum atomic E-state index is -0.0731. The first kappa shape index (κ1) is 17.7. The van der Waals surface area contributed by atoms with Gasteiger partial charge in [0.15, 0.2) is 12.1 Å². The molecule has 1 unspecified atom stereocenters. The zero-order valence-corrected chi connectivity index (χ0v) is 15.6. The number of pyridine rings is 1. The van der Waals surface area contributed by atoms with E-state index in [0.29, 0.717) is 37.5 Å². The van der Waals surface area contributed by atoms with Crippen LogP contribution in [0.1, 0.15) is 47.5 Å². The molecule has 27 heavy (non-hydrogen) atoms. The fraction of sp³-hybridized carbons (Fsp3) is 0.500. The van der Waals surface area contributed by atoms with Crippen LogP contribution in [0.3, 0.4) is 0 Å². The molecule has 4 heterocycles. The highest BCUT2D eigenvalue weighted by Crippen LogP contribution is 2.39. The molecule has 1 spiro atoms. The fourth-order valence-corrected chi connectivity index (χ4v) is 4.33. The lowest BCUT2D eigenvalue weighted by atomic mass is 9.73. The summed E-state index contributed by atoms with van der Waals surface area (Å²) in [4.78, 5) is 37.4. The lowest BCUT2D eigenvalue weighted by Gasteiger charge is -2.48. The summed E-state index contributed by atoms with van der Waals surface area (Å²) < 4.78 is 5.19. The van der Waals surface area contributed by atoms with Crippen molar-refractivity contribution in [3.63, 3.8) is 0 Å². The number of aryl methyl sites for hydroxylation is 1. The molecule has 0 saturated carbocycles. The second-order valence-electron chi connectivity index (χ2n) is 7.70. The van der Waals surface area contributed by atoms with Gasteiger partial charge >= 0.3 is 0 Å². The van der Waals surface area contributed by atoms with Crippen molar-refractivity contribution in [2.75, 3.05) is 19.6 Å². The standard InChI is InChI=1S/C20H24N4O3/c1-15-18(22-14-27-15)19(26)23-9-3-6-20(12-23)7-5-17(25)24(13-20)11-16-4-2-8-21-10-16/h2,4,8,10,14H,3,5-7,9,11-13H2,1H3. The summed E-state index contributed by atoms with van der Waals surface area (Å²) in [7, 11) is 0. The van der Waals surface area contributed by atoms with E-state index in [-0.39, 0.29) is 17.2 Å². The van der Waals surface area contributed by atoms with Gasteiger partial charge in [-0.25, -0.2) is 4.98 Å². The zero-order valence-electron chi connectivity index (χ0n) is 15.6. The fourth-order valence-electron chi connectivity index (χ4n) is 4.33. The number of oxazole rings is 1. The average molecular weight is 368 g/mol. The Morgan fingerprint density at radius 2 is 2.22 bits per heavy atom. The third-order valence-corrected chi connectivity index (χ3v) is 5.74. The Kier molecular flexibility index (Phi) is 4.68. The van der Waals surface area contributed by atoms with Crippen LogP contribution in [-0.4, -0.2) is 51.2 Å². The van der Waals surface area contributed by atoms with Gasteiger partial charge in [0, 0.05) is 50.4 Å². The van der Waals surface area contributed by atoms with Crippen molar-refractivity contribution in [3.05, 3.63) is 47.9 Å². The Balaban J connectivity index is 1.49. The number of carbonyl (C=O) groups excluding carboxylic acids is 2. The van der Waals surface area contributed by atoms with Gasteiger partial charge in [-0.3, -0.25) is 14.6 Å². The monoisotopic (exact) mass is 368 g/mol. The molecule has 2 fully saturated rings. The van der Waals surface area contributed by atoms with Crippen molar-refractivity contribution in [1.29, 1.82) is 0 Å². The summed E-state index contributed by atoms with van der Waals surface area (Å²) in [5.41, 5.74) is 1.39. The lowest BCUT2D eigenvalue weighted by Crippen LogP contribution is -2.54. The van der Waals surface area contributed by atoms with Crippen LogP contribution in [0.15, 0.2) is 35.3 Å². The van der Waals surface area contributed by atoms with Crippen molar-refractivity contribution in [1.82, 2.24) is 19.8 Å². The van der Waals surface area contributed by atoms with Gasteiger partial charge in [-0.15, -0.1) is 0 Å². The molecule has 7 nitrogen and oxygen atoms in total. The first-order valence-electron chi connectivity index (χ1n) is 9.42. The summed E-state index contributed by atoms with van der Waals surface area (Å²) in [6.07, 6.45) is 8.19. The van der Waals surface area contributed by atoms with Gasteiger partial charge in [0.1, 0.15) is 5.76 Å². The third kappa shape index (κ3) is 3.59. The number of aromatic nitrogens is 2. The first-order chi connectivity index (χ1) is 13.1. The quantitative estimate of drug-likeness (QED) is 0.831. The largest absolute Gasteiger partial charge is 0.448 e. The van der Waals surface area contributed by atoms with Crippen molar-refractivity contribution in [2.24, 2.45) is 5.41 Å². The van der Waals surface area contributed by atoms with E-state index in [0.717, 1.165) is 31.4 Å². The van der Waals surface area contributed by atoms with Crippen LogP contribution in [0.4, 0.5) is 0 Å². The van der Waals surface area contributed by atoms with E-state index in [2.05, 4.69) is 9.97 Å². The van der Waals surface area contributed by atoms with Crippen molar-refractivity contribution >= 4 is 11.8 Å². The highest BCUT2D eigenvalue weighted by atomic mass is 16.3. The third-order valence-electron chi connectivity index (χ3n) is 5.74. The summed E-state index contributed by atoms with van der Waals surface area (Å²) in [6, 6.07) is 3.88. The molecule has 0 N–H and O–H groups in total. The Bertz CT molecular complexity index is 835. The Morgan fingerprint density at radius 3 is 2.96 bits per heavy atom. The van der Waals surface area contributed by atoms with Gasteiger partial charge in [-0.2, -0.15) is 0 Å². The highest BCUT2D eigenvalue weighted by Gasteiger charge is 2.43. The van der Waals surface area contributed by atoms with E-state index >= 15 is 0 Å². The maximum atomic E-state index is 12.9. The molecular weight excluding hydrogens is 344 g/mol. The molecule has 2 amide bonds. The Hall–Kier alpha value is -2.70. The van der Waals surface area contributed by atoms with Crippen LogP contribution < -0.4 is 0 Å². The van der Waals surface area contributed by atoms with Crippen molar-refractivity contribution < 1.29 is 14.0 Å². The number of nitrogens with zero attached hydrogens (tertiary/aromatic N) is 4. The van der Waals surface area contributed by atoms with E-state index in [1.165, 1.54) is 6.39 Å². The summed E-state index contributed by atoms with van der Waals surface area (Å²) in [6.45, 7) is 4.40. The van der Waals surface area contributed by atoms with Crippen LogP contribution in [0.5, 0.6) is 0 Å². The number of amides is 2. The molecule has 4 rings (SSSR count). The molecule has 2 aliphatic rings. The summed E-state index contributed by atoms with van der Waals surface area (Å²) >= 11 is 0. The number of hydrogen-bond donors (Lipinski definition) is 0. The number of rotatable bonds is 3. The first-order valence-corrected chi connectivity index (χ1v) is 9.42. The number of likely N-dealkylation sites (tertiary alicyclic amines) is 2. The second kappa shape index (κ2) is 7.13. The van der Waals surface area contributed by atoms with E-state index < -0.39 is 0 Å². The topological polar surface area (TPSA) is 79.5 Å². The highest BCUT2D eigenvalue weighted by molar-refractivity contribution is 5.93. The molecule has 0 bridgehead atoms. The molecule has 0 radical (unpaired) electrons. The lowest BCUT2D eigenvalue weighted by molar-refractivity contribution is -0.139. The molecule has 2 saturated heterocycles. The normalized spacial score (nSPS) is 23.1. The minimum absolute atomic E-state index is 0.0400. The van der Waals surface area contributed by atoms with Crippen LogP contribution in [0.25, 0.3) is 0 Å². The number of piperidine rings is 2. The summed E-state index contributed by atoms with van der Waals surface area (Å²) in [5.74, 6) is 0.660. The molecule has 7 heteroatoms. The Labute approximate surface area is 158 Å². The average Bonchev–Trinajstić information content (AvgIpc) is 3.11. The number of hydrogen-bond acceptors (Lipinski definition) is 5. The molecule has 1 atom stereocenters. The van der Waals surface area contributed by atoms with E-state index in [1.807, 2.05) is 21.9 Å². The van der Waals surface area contributed by atoms with Gasteiger partial charge in [-0.05, 0) is 37.8 Å². The van der Waals surface area contributed by atoms with E-state index in [9.17, 15) is 9.59 Å². The van der Waals surface area contributed by atoms with E-state index in [4.69, 9.17) is 4.42 Å². The molecule has 0 aromatic carbocycles. The molecule has 142 valence electrons. The molecule has 2 aliphatic heterocycles. The maximum absolute atomic E-state index is 12.9. The molecule has 2 aromatic rings. The van der Waals surface area contributed by atoms with Crippen LogP contribution in [0.2, 0.25) is 0 Å². The summed E-state index contributed by atoms with van der Waals surface area (Å²) in [5, 5.41) is 0. The molecular formula is C20H24N4O3. The zero-order chi connectivity index (χ0) is 18.9. The van der Waals surface area contributed by atoms with Crippen LogP contribution in [-0.2, 0) is 11.3 Å². The SMILES string of the molecule is Cc1ocnc1C(=O)N1CCCC2(CCC(=O)N(Cc3cccnc3)C2)C1. The van der Waals surface area contributed by atoms with E-state index in [1.54, 1.807) is 19.3 Å². The van der Waals surface area contributed by atoms with Crippen molar-refractivity contribution in [2.45, 2.75) is 39.2 Å². The van der Waals surface area contributed by atoms with Gasteiger partial charge in [-0.1, -0.05) is 6.07 Å².